The second-order valence-electron chi connectivity index (χ2n) is 12.7. The Balaban J connectivity index is 1.52. The molecule has 0 N–H and O–H groups in total. The summed E-state index contributed by atoms with van der Waals surface area (Å²) >= 11 is 0. The van der Waals surface area contributed by atoms with Crippen LogP contribution < -0.4 is 9.47 Å². The highest BCUT2D eigenvalue weighted by atomic mass is 16.5. The fourth-order valence-electron chi connectivity index (χ4n) is 5.88. The first-order valence-electron chi connectivity index (χ1n) is 15.2. The van der Waals surface area contributed by atoms with Gasteiger partial charge in [-0.3, -0.25) is 0 Å². The van der Waals surface area contributed by atoms with Gasteiger partial charge in [0.1, 0.15) is 23.7 Å². The van der Waals surface area contributed by atoms with Gasteiger partial charge in [0, 0.05) is 5.56 Å². The largest absolute Gasteiger partial charge is 0.488 e. The van der Waals surface area contributed by atoms with Gasteiger partial charge in [0.05, 0.1) is 0 Å². The number of ether oxygens (including phenoxy) is 2. The number of rotatable bonds is 14. The van der Waals surface area contributed by atoms with E-state index in [0.717, 1.165) is 49.0 Å². The average molecular weight is 519 g/mol. The van der Waals surface area contributed by atoms with Gasteiger partial charge >= 0.3 is 0 Å². The number of fused-ring (bicyclic) bond motifs is 1. The molecule has 0 amide bonds. The minimum Gasteiger partial charge on any atom is -0.488 e. The molecule has 2 unspecified atom stereocenters. The van der Waals surface area contributed by atoms with Crippen LogP contribution in [0, 0.1) is 32.6 Å². The fourth-order valence-corrected chi connectivity index (χ4v) is 5.88. The normalized spacial score (nSPS) is 18.3. The summed E-state index contributed by atoms with van der Waals surface area (Å²) in [6.45, 7) is 18.9. The first-order valence-corrected chi connectivity index (χ1v) is 15.2. The zero-order valence-electron chi connectivity index (χ0n) is 25.7. The molecular formula is C36H54O2. The zero-order chi connectivity index (χ0) is 27.7. The van der Waals surface area contributed by atoms with E-state index in [-0.39, 0.29) is 5.60 Å². The molecule has 2 heteroatoms. The quantitative estimate of drug-likeness (QED) is 0.232. The Kier molecular flexibility index (Phi) is 11.4. The molecule has 1 aliphatic heterocycles. The first kappa shape index (κ1) is 30.3. The van der Waals surface area contributed by atoms with Crippen molar-refractivity contribution in [1.82, 2.24) is 0 Å². The van der Waals surface area contributed by atoms with Crippen LogP contribution in [0.2, 0.25) is 0 Å². The van der Waals surface area contributed by atoms with Crippen molar-refractivity contribution in [1.29, 1.82) is 0 Å². The molecule has 0 aliphatic carbocycles. The summed E-state index contributed by atoms with van der Waals surface area (Å²) < 4.78 is 13.1. The van der Waals surface area contributed by atoms with Crippen molar-refractivity contribution in [3.05, 3.63) is 69.8 Å². The fraction of sp³-hybridized carbons (Fsp3) is 0.611. The number of hydrogen-bond acceptors (Lipinski definition) is 2. The maximum absolute atomic E-state index is 6.79. The average Bonchev–Trinajstić information content (AvgIpc) is 2.87. The Morgan fingerprint density at radius 3 is 2.39 bits per heavy atom. The first-order chi connectivity index (χ1) is 18.1. The molecule has 0 spiro atoms. The van der Waals surface area contributed by atoms with Crippen LogP contribution in [0.3, 0.4) is 0 Å². The molecule has 0 saturated heterocycles. The summed E-state index contributed by atoms with van der Waals surface area (Å²) in [6, 6.07) is 10.4. The molecule has 1 aliphatic rings. The van der Waals surface area contributed by atoms with Gasteiger partial charge in [-0.15, -0.1) is 0 Å². The van der Waals surface area contributed by atoms with Crippen LogP contribution in [-0.2, 0) is 13.0 Å². The monoisotopic (exact) mass is 518 g/mol. The van der Waals surface area contributed by atoms with Crippen molar-refractivity contribution >= 4 is 0 Å². The van der Waals surface area contributed by atoms with E-state index in [1.54, 1.807) is 5.57 Å². The lowest BCUT2D eigenvalue weighted by Crippen LogP contribution is -2.37. The number of allylic oxidation sites excluding steroid dienone is 2. The highest BCUT2D eigenvalue weighted by Gasteiger charge is 2.34. The van der Waals surface area contributed by atoms with Crippen LogP contribution in [0.4, 0.5) is 0 Å². The van der Waals surface area contributed by atoms with Crippen molar-refractivity contribution < 1.29 is 9.47 Å². The molecule has 0 bridgehead atoms. The van der Waals surface area contributed by atoms with Crippen LogP contribution >= 0.6 is 0 Å². The topological polar surface area (TPSA) is 18.5 Å². The predicted octanol–water partition coefficient (Wildman–Crippen LogP) is 10.6. The van der Waals surface area contributed by atoms with Crippen molar-refractivity contribution in [2.75, 3.05) is 0 Å². The van der Waals surface area contributed by atoms with Gasteiger partial charge in [0.2, 0.25) is 0 Å². The molecule has 210 valence electrons. The standard InChI is InChI=1S/C36H54O2/c1-26(2)15-12-16-27(3)17-13-18-28(4)19-14-23-36(8)24-22-33-31(7)34(29(5)30(6)35(33)38-36)37-25-32-20-10-9-11-21-32/h9-11,19-21,26-27H,12-18,22-25H2,1-8H3/b28-19+. The third-order valence-corrected chi connectivity index (χ3v) is 8.70. The molecule has 38 heavy (non-hydrogen) atoms. The van der Waals surface area contributed by atoms with E-state index in [4.69, 9.17) is 9.47 Å². The van der Waals surface area contributed by atoms with E-state index in [1.165, 1.54) is 66.3 Å². The van der Waals surface area contributed by atoms with Crippen molar-refractivity contribution in [3.63, 3.8) is 0 Å². The van der Waals surface area contributed by atoms with Crippen LogP contribution in [0.1, 0.15) is 120 Å². The maximum atomic E-state index is 6.79. The predicted molar refractivity (Wildman–Crippen MR) is 163 cm³/mol. The van der Waals surface area contributed by atoms with Gasteiger partial charge in [0.25, 0.3) is 0 Å². The number of hydrogen-bond donors (Lipinski definition) is 0. The van der Waals surface area contributed by atoms with E-state index in [2.05, 4.69) is 85.7 Å². The van der Waals surface area contributed by atoms with E-state index in [9.17, 15) is 0 Å². The molecule has 1 heterocycles. The Labute approximate surface area is 234 Å². The molecular weight excluding hydrogens is 464 g/mol. The number of benzene rings is 2. The van der Waals surface area contributed by atoms with Crippen LogP contribution in [-0.4, -0.2) is 5.60 Å². The van der Waals surface area contributed by atoms with E-state index >= 15 is 0 Å². The van der Waals surface area contributed by atoms with Gasteiger partial charge in [-0.25, -0.2) is 0 Å². The zero-order valence-corrected chi connectivity index (χ0v) is 25.7. The lowest BCUT2D eigenvalue weighted by molar-refractivity contribution is 0.0557. The second-order valence-corrected chi connectivity index (χ2v) is 12.7. The lowest BCUT2D eigenvalue weighted by Gasteiger charge is -2.38. The van der Waals surface area contributed by atoms with Gasteiger partial charge in [-0.1, -0.05) is 88.4 Å². The molecule has 0 radical (unpaired) electrons. The highest BCUT2D eigenvalue weighted by molar-refractivity contribution is 5.59. The summed E-state index contributed by atoms with van der Waals surface area (Å²) in [7, 11) is 0. The van der Waals surface area contributed by atoms with Crippen molar-refractivity contribution in [3.8, 4) is 11.5 Å². The Bertz CT molecular complexity index is 1050. The Morgan fingerprint density at radius 1 is 0.974 bits per heavy atom. The molecule has 0 saturated carbocycles. The Hall–Kier alpha value is -2.22. The molecule has 0 fully saturated rings. The minimum atomic E-state index is -0.106. The van der Waals surface area contributed by atoms with E-state index in [0.29, 0.717) is 6.61 Å². The minimum absolute atomic E-state index is 0.106. The van der Waals surface area contributed by atoms with Gasteiger partial charge in [0.15, 0.2) is 0 Å². The molecule has 2 atom stereocenters. The maximum Gasteiger partial charge on any atom is 0.127 e. The molecule has 0 aromatic heterocycles. The van der Waals surface area contributed by atoms with Gasteiger partial charge in [-0.2, -0.15) is 0 Å². The summed E-state index contributed by atoms with van der Waals surface area (Å²) in [5.74, 6) is 3.83. The van der Waals surface area contributed by atoms with Gasteiger partial charge < -0.3 is 9.47 Å². The van der Waals surface area contributed by atoms with E-state index < -0.39 is 0 Å². The summed E-state index contributed by atoms with van der Waals surface area (Å²) in [6.07, 6.45) is 14.8. The Morgan fingerprint density at radius 2 is 1.68 bits per heavy atom. The van der Waals surface area contributed by atoms with Crippen molar-refractivity contribution in [2.45, 2.75) is 132 Å². The lowest BCUT2D eigenvalue weighted by atomic mass is 9.84. The second kappa shape index (κ2) is 14.2. The third kappa shape index (κ3) is 8.65. The highest BCUT2D eigenvalue weighted by Crippen LogP contribution is 2.45. The van der Waals surface area contributed by atoms with Crippen molar-refractivity contribution in [2.24, 2.45) is 11.8 Å². The molecule has 2 nitrogen and oxygen atoms in total. The van der Waals surface area contributed by atoms with Crippen LogP contribution in [0.25, 0.3) is 0 Å². The summed E-state index contributed by atoms with van der Waals surface area (Å²) in [4.78, 5) is 0. The van der Waals surface area contributed by atoms with Crippen LogP contribution in [0.15, 0.2) is 42.0 Å². The molecule has 3 rings (SSSR count). The summed E-state index contributed by atoms with van der Waals surface area (Å²) in [5.41, 5.74) is 7.65. The van der Waals surface area contributed by atoms with E-state index in [1.807, 2.05) is 6.07 Å². The summed E-state index contributed by atoms with van der Waals surface area (Å²) in [5, 5.41) is 0. The van der Waals surface area contributed by atoms with Gasteiger partial charge in [-0.05, 0) is 107 Å². The molecule has 2 aromatic carbocycles. The molecule has 2 aromatic rings. The third-order valence-electron chi connectivity index (χ3n) is 8.70. The van der Waals surface area contributed by atoms with Crippen LogP contribution in [0.5, 0.6) is 11.5 Å². The SMILES string of the molecule is C/C(=C\CCC1(C)CCc2c(C)c(OCc3ccccc3)c(C)c(C)c2O1)CCCC(C)CCCC(C)C. The smallest absolute Gasteiger partial charge is 0.127 e.